The van der Waals surface area contributed by atoms with Gasteiger partial charge in [-0.2, -0.15) is 0 Å². The first-order valence-electron chi connectivity index (χ1n) is 5.85. The summed E-state index contributed by atoms with van der Waals surface area (Å²) in [6, 6.07) is 10.4. The number of aromatic hydroxyl groups is 1. The van der Waals surface area contributed by atoms with Gasteiger partial charge >= 0.3 is 0 Å². The van der Waals surface area contributed by atoms with Crippen molar-refractivity contribution in [2.45, 2.75) is 0 Å². The Morgan fingerprint density at radius 1 is 0.950 bits per heavy atom. The van der Waals surface area contributed by atoms with Crippen LogP contribution in [0.25, 0.3) is 21.8 Å². The molecule has 0 radical (unpaired) electrons. The Labute approximate surface area is 118 Å². The molecule has 0 spiro atoms. The highest BCUT2D eigenvalue weighted by molar-refractivity contribution is 7.13. The number of para-hydroxylation sites is 1. The van der Waals surface area contributed by atoms with Gasteiger partial charge in [0, 0.05) is 5.38 Å². The van der Waals surface area contributed by atoms with Crippen LogP contribution in [0, 0.1) is 11.6 Å². The molecule has 0 aliphatic heterocycles. The fourth-order valence-corrected chi connectivity index (χ4v) is 2.75. The van der Waals surface area contributed by atoms with Gasteiger partial charge in [0.15, 0.2) is 0 Å². The molecule has 0 saturated heterocycles. The van der Waals surface area contributed by atoms with Gasteiger partial charge in [0.25, 0.3) is 0 Å². The van der Waals surface area contributed by atoms with Crippen molar-refractivity contribution in [3.63, 3.8) is 0 Å². The fraction of sp³-hybridized carbons (Fsp3) is 0. The molecular weight excluding hydrogens is 280 g/mol. The number of thiazole rings is 1. The Kier molecular flexibility index (Phi) is 3.20. The lowest BCUT2D eigenvalue weighted by molar-refractivity contribution is 0.477. The van der Waals surface area contributed by atoms with Gasteiger partial charge in [0.2, 0.25) is 0 Å². The van der Waals surface area contributed by atoms with Crippen LogP contribution in [0.4, 0.5) is 8.78 Å². The molecule has 0 aliphatic rings. The maximum absolute atomic E-state index is 13.7. The number of aromatic nitrogens is 1. The third-order valence-electron chi connectivity index (χ3n) is 2.86. The molecule has 0 saturated carbocycles. The summed E-state index contributed by atoms with van der Waals surface area (Å²) in [6.07, 6.45) is 0. The lowest BCUT2D eigenvalue weighted by Crippen LogP contribution is -1.89. The molecule has 1 heterocycles. The van der Waals surface area contributed by atoms with Crippen molar-refractivity contribution in [1.29, 1.82) is 0 Å². The van der Waals surface area contributed by atoms with Crippen LogP contribution in [0.2, 0.25) is 0 Å². The van der Waals surface area contributed by atoms with Crippen molar-refractivity contribution in [3.8, 4) is 27.6 Å². The minimum atomic E-state index is -0.654. The zero-order chi connectivity index (χ0) is 14.1. The molecule has 1 aromatic heterocycles. The monoisotopic (exact) mass is 289 g/mol. The molecule has 3 rings (SSSR count). The van der Waals surface area contributed by atoms with E-state index in [4.69, 9.17) is 0 Å². The lowest BCUT2D eigenvalue weighted by Gasteiger charge is -2.01. The van der Waals surface area contributed by atoms with Gasteiger partial charge in [-0.1, -0.05) is 18.2 Å². The maximum Gasteiger partial charge on any atom is 0.135 e. The number of phenols is 1. The zero-order valence-electron chi connectivity index (χ0n) is 10.2. The first kappa shape index (κ1) is 12.7. The van der Waals surface area contributed by atoms with Gasteiger partial charge in [-0.15, -0.1) is 11.3 Å². The number of phenolic OH excluding ortho intramolecular Hbond substituents is 1. The summed E-state index contributed by atoms with van der Waals surface area (Å²) in [5.74, 6) is -1.22. The van der Waals surface area contributed by atoms with Crippen LogP contribution in [0.3, 0.4) is 0 Å². The van der Waals surface area contributed by atoms with Crippen molar-refractivity contribution in [1.82, 2.24) is 4.98 Å². The molecular formula is C15H9F2NOS. The summed E-state index contributed by atoms with van der Waals surface area (Å²) in [5.41, 5.74) is 0.620. The highest BCUT2D eigenvalue weighted by atomic mass is 32.1. The number of hydrogen-bond acceptors (Lipinski definition) is 3. The van der Waals surface area contributed by atoms with Gasteiger partial charge in [-0.05, 0) is 24.3 Å². The molecule has 1 N–H and O–H groups in total. The Hall–Kier alpha value is -2.27. The highest BCUT2D eigenvalue weighted by Crippen LogP contribution is 2.35. The minimum Gasteiger partial charge on any atom is -0.507 e. The molecule has 0 amide bonds. The normalized spacial score (nSPS) is 10.7. The summed E-state index contributed by atoms with van der Waals surface area (Å²) in [6.45, 7) is 0. The Morgan fingerprint density at radius 3 is 2.35 bits per heavy atom. The predicted octanol–water partition coefficient (Wildman–Crippen LogP) is 4.46. The van der Waals surface area contributed by atoms with Crippen LogP contribution in [-0.4, -0.2) is 10.1 Å². The molecule has 0 aliphatic carbocycles. The number of halogens is 2. The Bertz CT molecular complexity index is 750. The van der Waals surface area contributed by atoms with Gasteiger partial charge in [-0.3, -0.25) is 0 Å². The van der Waals surface area contributed by atoms with E-state index in [9.17, 15) is 13.9 Å². The summed E-state index contributed by atoms with van der Waals surface area (Å²) in [7, 11) is 0. The summed E-state index contributed by atoms with van der Waals surface area (Å²) < 4.78 is 27.4. The van der Waals surface area contributed by atoms with E-state index in [2.05, 4.69) is 4.98 Å². The second kappa shape index (κ2) is 5.02. The van der Waals surface area contributed by atoms with E-state index in [1.54, 1.807) is 29.6 Å². The molecule has 5 heteroatoms. The van der Waals surface area contributed by atoms with Crippen molar-refractivity contribution in [3.05, 3.63) is 59.5 Å². The molecule has 0 fully saturated rings. The molecule has 0 atom stereocenters. The molecule has 20 heavy (non-hydrogen) atoms. The van der Waals surface area contributed by atoms with Gasteiger partial charge in [-0.25, -0.2) is 13.8 Å². The van der Waals surface area contributed by atoms with Crippen molar-refractivity contribution in [2.75, 3.05) is 0 Å². The quantitative estimate of drug-likeness (QED) is 0.755. The summed E-state index contributed by atoms with van der Waals surface area (Å²) in [4.78, 5) is 4.21. The smallest absolute Gasteiger partial charge is 0.135 e. The van der Waals surface area contributed by atoms with Crippen molar-refractivity contribution >= 4 is 11.3 Å². The van der Waals surface area contributed by atoms with Gasteiger partial charge in [0.1, 0.15) is 22.4 Å². The van der Waals surface area contributed by atoms with Crippen LogP contribution < -0.4 is 0 Å². The first-order chi connectivity index (χ1) is 9.66. The molecule has 0 unspecified atom stereocenters. The highest BCUT2D eigenvalue weighted by Gasteiger charge is 2.15. The second-order valence-electron chi connectivity index (χ2n) is 4.15. The van der Waals surface area contributed by atoms with Crippen LogP contribution >= 0.6 is 11.3 Å². The molecule has 3 aromatic rings. The van der Waals surface area contributed by atoms with Crippen molar-refractivity contribution < 1.29 is 13.9 Å². The van der Waals surface area contributed by atoms with E-state index in [-0.39, 0.29) is 17.0 Å². The standard InChI is InChI=1S/C15H9F2NOS/c16-10-5-3-6-11(17)14(10)12-8-20-15(18-12)9-4-1-2-7-13(9)19/h1-8,19H. The first-order valence-corrected chi connectivity index (χ1v) is 6.73. The fourth-order valence-electron chi connectivity index (χ4n) is 1.91. The number of rotatable bonds is 2. The van der Waals surface area contributed by atoms with E-state index < -0.39 is 11.6 Å². The SMILES string of the molecule is Oc1ccccc1-c1nc(-c2c(F)cccc2F)cs1. The maximum atomic E-state index is 13.7. The minimum absolute atomic E-state index is 0.0856. The molecule has 0 bridgehead atoms. The van der Waals surface area contributed by atoms with Gasteiger partial charge < -0.3 is 5.11 Å². The summed E-state index contributed by atoms with van der Waals surface area (Å²) >= 11 is 1.22. The second-order valence-corrected chi connectivity index (χ2v) is 5.01. The number of hydrogen-bond donors (Lipinski definition) is 1. The average Bonchev–Trinajstić information content (AvgIpc) is 2.88. The number of nitrogens with zero attached hydrogens (tertiary/aromatic N) is 1. The van der Waals surface area contributed by atoms with Crippen LogP contribution in [0.15, 0.2) is 47.8 Å². The van der Waals surface area contributed by atoms with E-state index in [1.165, 1.54) is 29.5 Å². The third-order valence-corrected chi connectivity index (χ3v) is 3.73. The Morgan fingerprint density at radius 2 is 1.65 bits per heavy atom. The van der Waals surface area contributed by atoms with E-state index in [0.29, 0.717) is 10.6 Å². The third kappa shape index (κ3) is 2.16. The van der Waals surface area contributed by atoms with Crippen LogP contribution in [0.5, 0.6) is 5.75 Å². The molecule has 2 aromatic carbocycles. The zero-order valence-corrected chi connectivity index (χ0v) is 11.0. The largest absolute Gasteiger partial charge is 0.507 e. The Balaban J connectivity index is 2.10. The number of benzene rings is 2. The predicted molar refractivity (Wildman–Crippen MR) is 74.6 cm³/mol. The topological polar surface area (TPSA) is 33.1 Å². The van der Waals surface area contributed by atoms with Gasteiger partial charge in [0.05, 0.1) is 16.8 Å². The molecule has 100 valence electrons. The summed E-state index contributed by atoms with van der Waals surface area (Å²) in [5, 5.41) is 11.9. The average molecular weight is 289 g/mol. The van der Waals surface area contributed by atoms with Crippen LogP contribution in [-0.2, 0) is 0 Å². The van der Waals surface area contributed by atoms with Crippen molar-refractivity contribution in [2.24, 2.45) is 0 Å². The van der Waals surface area contributed by atoms with Crippen LogP contribution in [0.1, 0.15) is 0 Å². The van der Waals surface area contributed by atoms with E-state index in [1.807, 2.05) is 0 Å². The molecule has 2 nitrogen and oxygen atoms in total. The van der Waals surface area contributed by atoms with E-state index >= 15 is 0 Å². The lowest BCUT2D eigenvalue weighted by atomic mass is 10.1. The van der Waals surface area contributed by atoms with E-state index in [0.717, 1.165) is 0 Å².